The predicted molar refractivity (Wildman–Crippen MR) is 56.0 cm³/mol. The Kier molecular flexibility index (Phi) is 3.23. The molecule has 2 aliphatic heterocycles. The third-order valence-electron chi connectivity index (χ3n) is 3.28. The molecule has 1 amide bonds. The van der Waals surface area contributed by atoms with Gasteiger partial charge in [0.2, 0.25) is 5.91 Å². The summed E-state index contributed by atoms with van der Waals surface area (Å²) in [6.45, 7) is 3.96. The fourth-order valence-corrected chi connectivity index (χ4v) is 2.12. The number of carbonyl (C=O) groups excluding carboxylic acids is 1. The van der Waals surface area contributed by atoms with Crippen molar-refractivity contribution in [2.24, 2.45) is 0 Å². The number of piperidine rings is 1. The van der Waals surface area contributed by atoms with Crippen molar-refractivity contribution in [3.8, 4) is 0 Å². The van der Waals surface area contributed by atoms with Gasteiger partial charge >= 0.3 is 0 Å². The zero-order chi connectivity index (χ0) is 10.8. The number of hydrogen-bond acceptors (Lipinski definition) is 4. The lowest BCUT2D eigenvalue weighted by atomic mass is 10.1. The number of aliphatic hydroxyl groups is 1. The summed E-state index contributed by atoms with van der Waals surface area (Å²) >= 11 is 0. The van der Waals surface area contributed by atoms with Gasteiger partial charge < -0.3 is 10.0 Å². The summed E-state index contributed by atoms with van der Waals surface area (Å²) in [6, 6.07) is 0. The molecular formula is C10H19N3O2. The molecule has 2 heterocycles. The van der Waals surface area contributed by atoms with Crippen molar-refractivity contribution < 1.29 is 9.90 Å². The maximum absolute atomic E-state index is 11.5. The van der Waals surface area contributed by atoms with E-state index in [0.717, 1.165) is 39.0 Å². The second-order valence-corrected chi connectivity index (χ2v) is 4.39. The van der Waals surface area contributed by atoms with Crippen LogP contribution in [0, 0.1) is 0 Å². The van der Waals surface area contributed by atoms with Crippen LogP contribution in [0.4, 0.5) is 0 Å². The minimum Gasteiger partial charge on any atom is -0.393 e. The van der Waals surface area contributed by atoms with Crippen LogP contribution in [-0.4, -0.2) is 71.8 Å². The molecule has 5 nitrogen and oxygen atoms in total. The van der Waals surface area contributed by atoms with Crippen LogP contribution < -0.4 is 0 Å². The molecule has 0 aliphatic carbocycles. The number of hydrogen-bond donors (Lipinski definition) is 1. The molecule has 2 saturated heterocycles. The van der Waals surface area contributed by atoms with Crippen molar-refractivity contribution in [3.05, 3.63) is 0 Å². The Morgan fingerprint density at radius 2 is 1.80 bits per heavy atom. The lowest BCUT2D eigenvalue weighted by Gasteiger charge is -2.42. The summed E-state index contributed by atoms with van der Waals surface area (Å²) in [6.07, 6.45) is 1.49. The highest BCUT2D eigenvalue weighted by molar-refractivity contribution is 5.78. The summed E-state index contributed by atoms with van der Waals surface area (Å²) in [5, 5.41) is 13.7. The van der Waals surface area contributed by atoms with Gasteiger partial charge in [-0.05, 0) is 12.8 Å². The van der Waals surface area contributed by atoms with E-state index < -0.39 is 0 Å². The number of piperazine rings is 1. The van der Waals surface area contributed by atoms with Crippen molar-refractivity contribution in [2.45, 2.75) is 18.9 Å². The Hall–Kier alpha value is -0.650. The molecule has 0 aromatic carbocycles. The van der Waals surface area contributed by atoms with Gasteiger partial charge in [0.15, 0.2) is 0 Å². The van der Waals surface area contributed by atoms with Crippen LogP contribution >= 0.6 is 0 Å². The van der Waals surface area contributed by atoms with E-state index in [1.165, 1.54) is 0 Å². The number of rotatable bonds is 1. The van der Waals surface area contributed by atoms with E-state index in [9.17, 15) is 9.90 Å². The largest absolute Gasteiger partial charge is 0.393 e. The fourth-order valence-electron chi connectivity index (χ4n) is 2.12. The van der Waals surface area contributed by atoms with Crippen LogP contribution in [0.5, 0.6) is 0 Å². The van der Waals surface area contributed by atoms with Crippen molar-refractivity contribution in [2.75, 3.05) is 39.8 Å². The standard InChI is InChI=1S/C10H19N3O2/c1-11-6-7-13(8-10(11)15)12-4-2-9(14)3-5-12/h9,14H,2-8H2,1H3. The van der Waals surface area contributed by atoms with Crippen LogP contribution in [0.15, 0.2) is 0 Å². The quantitative estimate of drug-likeness (QED) is 0.615. The third-order valence-corrected chi connectivity index (χ3v) is 3.28. The summed E-state index contributed by atoms with van der Waals surface area (Å²) in [5.74, 6) is 0.187. The van der Waals surface area contributed by atoms with Crippen molar-refractivity contribution >= 4 is 5.91 Å². The predicted octanol–water partition coefficient (Wildman–Crippen LogP) is -0.868. The normalized spacial score (nSPS) is 27.3. The molecular weight excluding hydrogens is 194 g/mol. The molecule has 1 N–H and O–H groups in total. The average Bonchev–Trinajstić information content (AvgIpc) is 2.23. The molecule has 0 radical (unpaired) electrons. The summed E-state index contributed by atoms with van der Waals surface area (Å²) in [4.78, 5) is 13.3. The first-order chi connectivity index (χ1) is 7.16. The first-order valence-electron chi connectivity index (χ1n) is 5.58. The first kappa shape index (κ1) is 10.9. The highest BCUT2D eigenvalue weighted by Gasteiger charge is 2.27. The molecule has 2 aliphatic rings. The molecule has 86 valence electrons. The molecule has 15 heavy (non-hydrogen) atoms. The van der Waals surface area contributed by atoms with Crippen LogP contribution in [0.2, 0.25) is 0 Å². The number of amides is 1. The van der Waals surface area contributed by atoms with Crippen LogP contribution in [-0.2, 0) is 4.79 Å². The third kappa shape index (κ3) is 2.48. The summed E-state index contributed by atoms with van der Waals surface area (Å²) < 4.78 is 0. The highest BCUT2D eigenvalue weighted by atomic mass is 16.3. The number of aliphatic hydroxyl groups excluding tert-OH is 1. The lowest BCUT2D eigenvalue weighted by molar-refractivity contribution is -0.147. The molecule has 0 saturated carbocycles. The summed E-state index contributed by atoms with van der Waals surface area (Å²) in [7, 11) is 1.85. The van der Waals surface area contributed by atoms with Gasteiger partial charge in [-0.25, -0.2) is 10.0 Å². The Bertz CT molecular complexity index is 239. The Morgan fingerprint density at radius 1 is 1.13 bits per heavy atom. The van der Waals surface area contributed by atoms with E-state index in [1.54, 1.807) is 4.90 Å². The highest BCUT2D eigenvalue weighted by Crippen LogP contribution is 2.14. The monoisotopic (exact) mass is 213 g/mol. The Morgan fingerprint density at radius 3 is 2.40 bits per heavy atom. The van der Waals surface area contributed by atoms with E-state index >= 15 is 0 Å². The van der Waals surface area contributed by atoms with Crippen molar-refractivity contribution in [3.63, 3.8) is 0 Å². The molecule has 5 heteroatoms. The number of likely N-dealkylation sites (N-methyl/N-ethyl adjacent to an activating group) is 1. The van der Waals surface area contributed by atoms with E-state index in [4.69, 9.17) is 0 Å². The van der Waals surface area contributed by atoms with Gasteiger partial charge in [-0.15, -0.1) is 0 Å². The van der Waals surface area contributed by atoms with Crippen LogP contribution in [0.25, 0.3) is 0 Å². The maximum atomic E-state index is 11.5. The van der Waals surface area contributed by atoms with Gasteiger partial charge in [0, 0.05) is 33.2 Å². The molecule has 0 unspecified atom stereocenters. The second-order valence-electron chi connectivity index (χ2n) is 4.39. The van der Waals surface area contributed by atoms with Gasteiger partial charge in [-0.3, -0.25) is 4.79 Å². The second kappa shape index (κ2) is 4.47. The molecule has 2 rings (SSSR count). The van der Waals surface area contributed by atoms with Crippen molar-refractivity contribution in [1.29, 1.82) is 0 Å². The minimum atomic E-state index is -0.149. The van der Waals surface area contributed by atoms with Gasteiger partial charge in [-0.2, -0.15) is 0 Å². The Balaban J connectivity index is 1.86. The SMILES string of the molecule is CN1CCN(N2CCC(O)CC2)CC1=O. The number of carbonyl (C=O) groups is 1. The van der Waals surface area contributed by atoms with Gasteiger partial charge in [0.05, 0.1) is 12.6 Å². The van der Waals surface area contributed by atoms with E-state index in [-0.39, 0.29) is 12.0 Å². The number of nitrogens with zero attached hydrogens (tertiary/aromatic N) is 3. The van der Waals surface area contributed by atoms with Gasteiger partial charge in [-0.1, -0.05) is 0 Å². The van der Waals surface area contributed by atoms with Gasteiger partial charge in [0.1, 0.15) is 0 Å². The average molecular weight is 213 g/mol. The molecule has 0 bridgehead atoms. The first-order valence-corrected chi connectivity index (χ1v) is 5.58. The maximum Gasteiger partial charge on any atom is 0.238 e. The summed E-state index contributed by atoms with van der Waals surface area (Å²) in [5.41, 5.74) is 0. The molecule has 0 aromatic rings. The Labute approximate surface area is 90.2 Å². The smallest absolute Gasteiger partial charge is 0.238 e. The molecule has 0 spiro atoms. The topological polar surface area (TPSA) is 47.0 Å². The lowest BCUT2D eigenvalue weighted by Crippen LogP contribution is -2.57. The molecule has 0 aromatic heterocycles. The zero-order valence-electron chi connectivity index (χ0n) is 9.22. The van der Waals surface area contributed by atoms with Gasteiger partial charge in [0.25, 0.3) is 0 Å². The molecule has 0 atom stereocenters. The minimum absolute atomic E-state index is 0.149. The van der Waals surface area contributed by atoms with Crippen LogP contribution in [0.1, 0.15) is 12.8 Å². The van der Waals surface area contributed by atoms with Crippen molar-refractivity contribution in [1.82, 2.24) is 14.9 Å². The fraction of sp³-hybridized carbons (Fsp3) is 0.900. The van der Waals surface area contributed by atoms with E-state index in [0.29, 0.717) is 6.54 Å². The zero-order valence-corrected chi connectivity index (χ0v) is 9.22. The molecule has 2 fully saturated rings. The van der Waals surface area contributed by atoms with E-state index in [1.807, 2.05) is 7.05 Å². The van der Waals surface area contributed by atoms with E-state index in [2.05, 4.69) is 10.0 Å². The van der Waals surface area contributed by atoms with Crippen LogP contribution in [0.3, 0.4) is 0 Å². The number of hydrazine groups is 1.